The molecule has 2 N–H and O–H groups in total. The summed E-state index contributed by atoms with van der Waals surface area (Å²) in [5.41, 5.74) is 5.79. The van der Waals surface area contributed by atoms with E-state index in [4.69, 9.17) is 5.73 Å². The van der Waals surface area contributed by atoms with Gasteiger partial charge in [0.15, 0.2) is 0 Å². The molecule has 1 atom stereocenters. The summed E-state index contributed by atoms with van der Waals surface area (Å²) in [6, 6.07) is 0.268. The summed E-state index contributed by atoms with van der Waals surface area (Å²) < 4.78 is 12.0. The standard InChI is InChI=1S/C8H17FN2/c9-4-6-11-5-2-1-3-8(10)7-11/h8H,1-7,10H2. The predicted octanol–water partition coefficient (Wildman–Crippen LogP) is 0.769. The number of rotatable bonds is 2. The number of alkyl halides is 1. The first-order valence-electron chi connectivity index (χ1n) is 4.37. The second-order valence-electron chi connectivity index (χ2n) is 3.25. The molecule has 0 spiro atoms. The highest BCUT2D eigenvalue weighted by Gasteiger charge is 2.13. The summed E-state index contributed by atoms with van der Waals surface area (Å²) in [4.78, 5) is 2.12. The van der Waals surface area contributed by atoms with E-state index in [2.05, 4.69) is 4.90 Å². The quantitative estimate of drug-likeness (QED) is 0.646. The summed E-state index contributed by atoms with van der Waals surface area (Å²) in [5.74, 6) is 0. The van der Waals surface area contributed by atoms with Crippen molar-refractivity contribution in [3.63, 3.8) is 0 Å². The number of likely N-dealkylation sites (tertiary alicyclic amines) is 1. The first-order chi connectivity index (χ1) is 5.33. The molecule has 1 saturated heterocycles. The second kappa shape index (κ2) is 4.67. The zero-order chi connectivity index (χ0) is 8.10. The Bertz CT molecular complexity index is 108. The maximum atomic E-state index is 12.0. The van der Waals surface area contributed by atoms with Gasteiger partial charge in [-0.25, -0.2) is 4.39 Å². The van der Waals surface area contributed by atoms with Crippen LogP contribution in [0.3, 0.4) is 0 Å². The first-order valence-corrected chi connectivity index (χ1v) is 4.37. The van der Waals surface area contributed by atoms with Crippen molar-refractivity contribution in [2.24, 2.45) is 5.73 Å². The van der Waals surface area contributed by atoms with E-state index in [1.165, 1.54) is 12.8 Å². The van der Waals surface area contributed by atoms with Gasteiger partial charge in [-0.2, -0.15) is 0 Å². The van der Waals surface area contributed by atoms with Gasteiger partial charge in [0.1, 0.15) is 6.67 Å². The number of hydrogen-bond acceptors (Lipinski definition) is 2. The van der Waals surface area contributed by atoms with Gasteiger partial charge in [-0.05, 0) is 19.4 Å². The molecule has 11 heavy (non-hydrogen) atoms. The van der Waals surface area contributed by atoms with E-state index in [0.717, 1.165) is 19.5 Å². The predicted molar refractivity (Wildman–Crippen MR) is 44.2 cm³/mol. The molecular weight excluding hydrogens is 143 g/mol. The molecule has 0 aliphatic carbocycles. The number of halogens is 1. The Morgan fingerprint density at radius 3 is 3.00 bits per heavy atom. The largest absolute Gasteiger partial charge is 0.327 e. The minimum atomic E-state index is -0.243. The highest BCUT2D eigenvalue weighted by molar-refractivity contribution is 4.72. The lowest BCUT2D eigenvalue weighted by atomic mass is 10.2. The Balaban J connectivity index is 2.27. The van der Waals surface area contributed by atoms with Crippen molar-refractivity contribution in [3.8, 4) is 0 Å². The van der Waals surface area contributed by atoms with Gasteiger partial charge in [-0.15, -0.1) is 0 Å². The summed E-state index contributed by atoms with van der Waals surface area (Å²) in [5, 5.41) is 0. The minimum absolute atomic E-state index is 0.243. The number of nitrogens with zero attached hydrogens (tertiary/aromatic N) is 1. The first kappa shape index (κ1) is 8.94. The van der Waals surface area contributed by atoms with Crippen LogP contribution >= 0.6 is 0 Å². The number of hydrogen-bond donors (Lipinski definition) is 1. The fraction of sp³-hybridized carbons (Fsp3) is 1.00. The molecule has 0 aromatic rings. The molecule has 1 aliphatic rings. The summed E-state index contributed by atoms with van der Waals surface area (Å²) >= 11 is 0. The smallest absolute Gasteiger partial charge is 0.102 e. The van der Waals surface area contributed by atoms with E-state index in [1.807, 2.05) is 0 Å². The van der Waals surface area contributed by atoms with E-state index in [1.54, 1.807) is 0 Å². The average molecular weight is 160 g/mol. The van der Waals surface area contributed by atoms with Crippen LogP contribution < -0.4 is 5.73 Å². The van der Waals surface area contributed by atoms with E-state index in [9.17, 15) is 4.39 Å². The van der Waals surface area contributed by atoms with Crippen molar-refractivity contribution >= 4 is 0 Å². The van der Waals surface area contributed by atoms with Gasteiger partial charge in [-0.1, -0.05) is 6.42 Å². The topological polar surface area (TPSA) is 29.3 Å². The fourth-order valence-corrected chi connectivity index (χ4v) is 1.58. The lowest BCUT2D eigenvalue weighted by Crippen LogP contribution is -2.36. The Morgan fingerprint density at radius 1 is 1.45 bits per heavy atom. The van der Waals surface area contributed by atoms with Crippen LogP contribution in [0.1, 0.15) is 19.3 Å². The Hall–Kier alpha value is -0.150. The summed E-state index contributed by atoms with van der Waals surface area (Å²) in [6.45, 7) is 2.22. The van der Waals surface area contributed by atoms with E-state index in [-0.39, 0.29) is 12.7 Å². The van der Waals surface area contributed by atoms with Crippen LogP contribution in [0, 0.1) is 0 Å². The molecule has 0 aromatic carbocycles. The zero-order valence-corrected chi connectivity index (χ0v) is 6.93. The second-order valence-corrected chi connectivity index (χ2v) is 3.25. The molecule has 3 heteroatoms. The maximum absolute atomic E-state index is 12.0. The van der Waals surface area contributed by atoms with Gasteiger partial charge in [0.05, 0.1) is 0 Å². The highest BCUT2D eigenvalue weighted by Crippen LogP contribution is 2.08. The zero-order valence-electron chi connectivity index (χ0n) is 6.93. The van der Waals surface area contributed by atoms with Crippen molar-refractivity contribution in [2.75, 3.05) is 26.3 Å². The van der Waals surface area contributed by atoms with E-state index < -0.39 is 0 Å². The third-order valence-electron chi connectivity index (χ3n) is 2.19. The van der Waals surface area contributed by atoms with E-state index >= 15 is 0 Å². The minimum Gasteiger partial charge on any atom is -0.327 e. The molecule has 0 bridgehead atoms. The van der Waals surface area contributed by atoms with Crippen molar-refractivity contribution < 1.29 is 4.39 Å². The van der Waals surface area contributed by atoms with Crippen molar-refractivity contribution in [2.45, 2.75) is 25.3 Å². The van der Waals surface area contributed by atoms with Crippen molar-refractivity contribution in [1.82, 2.24) is 4.90 Å². The van der Waals surface area contributed by atoms with Crippen LogP contribution in [-0.2, 0) is 0 Å². The molecule has 2 nitrogen and oxygen atoms in total. The Morgan fingerprint density at radius 2 is 2.27 bits per heavy atom. The molecule has 1 unspecified atom stereocenters. The van der Waals surface area contributed by atoms with Crippen LogP contribution in [0.25, 0.3) is 0 Å². The molecule has 1 fully saturated rings. The van der Waals surface area contributed by atoms with Crippen LogP contribution in [0.15, 0.2) is 0 Å². The molecule has 1 aliphatic heterocycles. The maximum Gasteiger partial charge on any atom is 0.102 e. The Kier molecular flexibility index (Phi) is 3.80. The lowest BCUT2D eigenvalue weighted by Gasteiger charge is -2.20. The molecule has 0 amide bonds. The van der Waals surface area contributed by atoms with E-state index in [0.29, 0.717) is 6.54 Å². The summed E-state index contributed by atoms with van der Waals surface area (Å²) in [7, 11) is 0. The monoisotopic (exact) mass is 160 g/mol. The Labute approximate surface area is 67.6 Å². The van der Waals surface area contributed by atoms with Crippen LogP contribution in [0.2, 0.25) is 0 Å². The SMILES string of the molecule is NC1CCCCN(CCF)C1. The molecule has 0 aromatic heterocycles. The van der Waals surface area contributed by atoms with Gasteiger partial charge in [0, 0.05) is 19.1 Å². The molecule has 1 heterocycles. The van der Waals surface area contributed by atoms with Gasteiger partial charge < -0.3 is 5.73 Å². The molecular formula is C8H17FN2. The van der Waals surface area contributed by atoms with Gasteiger partial charge in [-0.3, -0.25) is 4.90 Å². The van der Waals surface area contributed by atoms with Crippen LogP contribution in [0.4, 0.5) is 4.39 Å². The molecule has 1 rings (SSSR count). The van der Waals surface area contributed by atoms with Crippen molar-refractivity contribution in [1.29, 1.82) is 0 Å². The van der Waals surface area contributed by atoms with Crippen LogP contribution in [-0.4, -0.2) is 37.3 Å². The summed E-state index contributed by atoms with van der Waals surface area (Å²) in [6.07, 6.45) is 3.47. The molecule has 0 radical (unpaired) electrons. The van der Waals surface area contributed by atoms with Crippen molar-refractivity contribution in [3.05, 3.63) is 0 Å². The third kappa shape index (κ3) is 3.16. The van der Waals surface area contributed by atoms with Gasteiger partial charge in [0.25, 0.3) is 0 Å². The lowest BCUT2D eigenvalue weighted by molar-refractivity contribution is 0.247. The van der Waals surface area contributed by atoms with Crippen LogP contribution in [0.5, 0.6) is 0 Å². The normalized spacial score (nSPS) is 28.4. The molecule has 66 valence electrons. The number of nitrogens with two attached hydrogens (primary N) is 1. The van der Waals surface area contributed by atoms with Gasteiger partial charge in [0.2, 0.25) is 0 Å². The third-order valence-corrected chi connectivity index (χ3v) is 2.19. The average Bonchev–Trinajstić information content (AvgIpc) is 2.15. The van der Waals surface area contributed by atoms with Gasteiger partial charge >= 0.3 is 0 Å². The fourth-order valence-electron chi connectivity index (χ4n) is 1.58. The molecule has 0 saturated carbocycles. The highest BCUT2D eigenvalue weighted by atomic mass is 19.1.